The minimum atomic E-state index is -1.06. The molecule has 14 heavy (non-hydrogen) atoms. The number of nitrogens with two attached hydrogens (primary N) is 1. The Balaban J connectivity index is 3.20. The molecule has 0 fully saturated rings. The van der Waals surface area contributed by atoms with Crippen molar-refractivity contribution in [1.82, 2.24) is 0 Å². The molecule has 0 unspecified atom stereocenters. The van der Waals surface area contributed by atoms with Gasteiger partial charge in [0.2, 0.25) is 0 Å². The van der Waals surface area contributed by atoms with Gasteiger partial charge in [0.15, 0.2) is 0 Å². The summed E-state index contributed by atoms with van der Waals surface area (Å²) in [5, 5.41) is 8.76. The molecule has 4 heteroatoms. The number of benzene rings is 1. The van der Waals surface area contributed by atoms with Crippen LogP contribution in [0.5, 0.6) is 0 Å². The van der Waals surface area contributed by atoms with Gasteiger partial charge in [-0.05, 0) is 12.1 Å². The largest absolute Gasteiger partial charge is 0.478 e. The fourth-order valence-corrected chi connectivity index (χ4v) is 1.06. The number of hydrogen-bond donors (Lipinski definition) is 2. The number of anilines is 1. The number of carboxylic acid groups (broad SMARTS) is 1. The lowest BCUT2D eigenvalue weighted by Crippen LogP contribution is -2.03. The highest BCUT2D eigenvalue weighted by Crippen LogP contribution is 2.16. The van der Waals surface area contributed by atoms with Gasteiger partial charge in [0.1, 0.15) is 0 Å². The van der Waals surface area contributed by atoms with Gasteiger partial charge in [0.25, 0.3) is 0 Å². The van der Waals surface area contributed by atoms with E-state index in [0.717, 1.165) is 0 Å². The third-order valence-corrected chi connectivity index (χ3v) is 1.76. The fraction of sp³-hybridized carbons (Fsp3) is 0.100. The molecule has 3 N–H and O–H groups in total. The molecule has 0 saturated carbocycles. The van der Waals surface area contributed by atoms with E-state index in [-0.39, 0.29) is 17.1 Å². The van der Waals surface area contributed by atoms with Crippen LogP contribution in [0.1, 0.15) is 15.9 Å². The molecule has 0 aliphatic rings. The maximum Gasteiger partial charge on any atom is 0.337 e. The Morgan fingerprint density at radius 2 is 2.29 bits per heavy atom. The van der Waals surface area contributed by atoms with Crippen LogP contribution in [0.4, 0.5) is 5.69 Å². The first-order valence-electron chi connectivity index (χ1n) is 3.83. The number of halogens is 1. The van der Waals surface area contributed by atoms with Gasteiger partial charge in [-0.2, -0.15) is 0 Å². The summed E-state index contributed by atoms with van der Waals surface area (Å²) in [6.07, 6.45) is 0. The van der Waals surface area contributed by atoms with Crippen LogP contribution in [0, 0.1) is 11.8 Å². The quantitative estimate of drug-likeness (QED) is 0.419. The summed E-state index contributed by atoms with van der Waals surface area (Å²) >= 11 is 5.38. The molecule has 0 aliphatic carbocycles. The maximum atomic E-state index is 10.7. The van der Waals surface area contributed by atoms with Gasteiger partial charge >= 0.3 is 5.97 Å². The Labute approximate surface area is 86.5 Å². The fourth-order valence-electron chi connectivity index (χ4n) is 0.989. The standard InChI is InChI=1S/C10H8ClNO2/c11-6-2-4-7-3-1-5-8(9(7)12)10(13)14/h1,3,5H,6,12H2,(H,13,14). The monoisotopic (exact) mass is 209 g/mol. The zero-order valence-electron chi connectivity index (χ0n) is 7.25. The third kappa shape index (κ3) is 2.18. The van der Waals surface area contributed by atoms with Crippen LogP contribution in [-0.4, -0.2) is 17.0 Å². The lowest BCUT2D eigenvalue weighted by Gasteiger charge is -2.01. The van der Waals surface area contributed by atoms with Crippen LogP contribution in [0.2, 0.25) is 0 Å². The Bertz CT molecular complexity index is 418. The Morgan fingerprint density at radius 3 is 2.86 bits per heavy atom. The average Bonchev–Trinajstić information content (AvgIpc) is 2.16. The highest BCUT2D eigenvalue weighted by atomic mass is 35.5. The first-order chi connectivity index (χ1) is 6.66. The van der Waals surface area contributed by atoms with Crippen molar-refractivity contribution in [2.45, 2.75) is 0 Å². The third-order valence-electron chi connectivity index (χ3n) is 1.63. The second kappa shape index (κ2) is 4.54. The number of aromatic carboxylic acids is 1. The van der Waals surface area contributed by atoms with Crippen molar-refractivity contribution in [1.29, 1.82) is 0 Å². The first kappa shape index (κ1) is 10.4. The van der Waals surface area contributed by atoms with Crippen LogP contribution < -0.4 is 5.73 Å². The van der Waals surface area contributed by atoms with Crippen molar-refractivity contribution < 1.29 is 9.90 Å². The van der Waals surface area contributed by atoms with Gasteiger partial charge in [-0.25, -0.2) is 4.79 Å². The van der Waals surface area contributed by atoms with Crippen LogP contribution in [-0.2, 0) is 0 Å². The molecule has 0 aromatic heterocycles. The van der Waals surface area contributed by atoms with Gasteiger partial charge < -0.3 is 10.8 Å². The molecule has 3 nitrogen and oxygen atoms in total. The summed E-state index contributed by atoms with van der Waals surface area (Å²) in [7, 11) is 0. The van der Waals surface area contributed by atoms with Crippen molar-refractivity contribution in [2.75, 3.05) is 11.6 Å². The Hall–Kier alpha value is -1.66. The molecule has 0 saturated heterocycles. The number of hydrogen-bond acceptors (Lipinski definition) is 2. The van der Waals surface area contributed by atoms with Crippen LogP contribution in [0.25, 0.3) is 0 Å². The molecular formula is C10H8ClNO2. The topological polar surface area (TPSA) is 63.3 Å². The van der Waals surface area contributed by atoms with Crippen LogP contribution in [0.3, 0.4) is 0 Å². The lowest BCUT2D eigenvalue weighted by molar-refractivity contribution is 0.0698. The number of alkyl halides is 1. The maximum absolute atomic E-state index is 10.7. The molecule has 1 aromatic carbocycles. The van der Waals surface area contributed by atoms with E-state index < -0.39 is 5.97 Å². The van der Waals surface area contributed by atoms with Gasteiger partial charge in [0.05, 0.1) is 17.1 Å². The highest BCUT2D eigenvalue weighted by molar-refractivity contribution is 6.19. The summed E-state index contributed by atoms with van der Waals surface area (Å²) in [6.45, 7) is 0. The smallest absolute Gasteiger partial charge is 0.337 e. The van der Waals surface area contributed by atoms with E-state index in [9.17, 15) is 4.79 Å². The summed E-state index contributed by atoms with van der Waals surface area (Å²) in [5.41, 5.74) is 6.33. The second-order valence-electron chi connectivity index (χ2n) is 2.51. The van der Waals surface area contributed by atoms with E-state index in [4.69, 9.17) is 22.4 Å². The predicted molar refractivity (Wildman–Crippen MR) is 55.4 cm³/mol. The van der Waals surface area contributed by atoms with Gasteiger partial charge in [0, 0.05) is 5.56 Å². The molecule has 0 radical (unpaired) electrons. The highest BCUT2D eigenvalue weighted by Gasteiger charge is 2.08. The summed E-state index contributed by atoms with van der Waals surface area (Å²) in [5.74, 6) is 4.43. The van der Waals surface area contributed by atoms with Crippen LogP contribution in [0.15, 0.2) is 18.2 Å². The molecule has 1 rings (SSSR count). The van der Waals surface area contributed by atoms with E-state index >= 15 is 0 Å². The van der Waals surface area contributed by atoms with E-state index in [2.05, 4.69) is 11.8 Å². The molecule has 0 heterocycles. The van der Waals surface area contributed by atoms with Crippen molar-refractivity contribution in [3.8, 4) is 11.8 Å². The van der Waals surface area contributed by atoms with E-state index in [1.807, 2.05) is 0 Å². The normalized spacial score (nSPS) is 8.93. The number of carboxylic acids is 1. The average molecular weight is 210 g/mol. The number of nitrogen functional groups attached to an aromatic ring is 1. The zero-order valence-corrected chi connectivity index (χ0v) is 8.01. The lowest BCUT2D eigenvalue weighted by atomic mass is 10.1. The second-order valence-corrected chi connectivity index (χ2v) is 2.77. The molecule has 0 bridgehead atoms. The molecular weight excluding hydrogens is 202 g/mol. The minimum Gasteiger partial charge on any atom is -0.478 e. The van der Waals surface area contributed by atoms with Crippen molar-refractivity contribution >= 4 is 23.3 Å². The first-order valence-corrected chi connectivity index (χ1v) is 4.37. The molecule has 0 spiro atoms. The van der Waals surface area contributed by atoms with Crippen molar-refractivity contribution in [3.05, 3.63) is 29.3 Å². The number of carbonyl (C=O) groups is 1. The Kier molecular flexibility index (Phi) is 3.38. The van der Waals surface area contributed by atoms with Gasteiger partial charge in [-0.3, -0.25) is 0 Å². The molecule has 0 amide bonds. The summed E-state index contributed by atoms with van der Waals surface area (Å²) in [6, 6.07) is 4.68. The van der Waals surface area contributed by atoms with E-state index in [1.54, 1.807) is 12.1 Å². The van der Waals surface area contributed by atoms with Gasteiger partial charge in [-0.1, -0.05) is 17.9 Å². The molecule has 0 aliphatic heterocycles. The summed E-state index contributed by atoms with van der Waals surface area (Å²) < 4.78 is 0. The number of para-hydroxylation sites is 1. The van der Waals surface area contributed by atoms with Crippen molar-refractivity contribution in [3.63, 3.8) is 0 Å². The number of rotatable bonds is 1. The predicted octanol–water partition coefficient (Wildman–Crippen LogP) is 1.56. The SMILES string of the molecule is Nc1c(C#CCCl)cccc1C(=O)O. The minimum absolute atomic E-state index is 0.0615. The van der Waals surface area contributed by atoms with E-state index in [1.165, 1.54) is 6.07 Å². The molecule has 1 aromatic rings. The van der Waals surface area contributed by atoms with Crippen LogP contribution >= 0.6 is 11.6 Å². The zero-order chi connectivity index (χ0) is 10.6. The Morgan fingerprint density at radius 1 is 1.57 bits per heavy atom. The van der Waals surface area contributed by atoms with E-state index in [0.29, 0.717) is 5.56 Å². The van der Waals surface area contributed by atoms with Gasteiger partial charge in [-0.15, -0.1) is 11.6 Å². The molecule has 72 valence electrons. The molecule has 0 atom stereocenters. The van der Waals surface area contributed by atoms with Crippen molar-refractivity contribution in [2.24, 2.45) is 0 Å². The summed E-state index contributed by atoms with van der Waals surface area (Å²) in [4.78, 5) is 10.7.